The summed E-state index contributed by atoms with van der Waals surface area (Å²) >= 11 is 3.48. The summed E-state index contributed by atoms with van der Waals surface area (Å²) < 4.78 is 12.0. The molecule has 3 nitrogen and oxygen atoms in total. The molecule has 1 aliphatic rings. The molecule has 2 rings (SSSR count). The predicted molar refractivity (Wildman–Crippen MR) is 78.8 cm³/mol. The second-order valence-electron chi connectivity index (χ2n) is 5.17. The fourth-order valence-electron chi connectivity index (χ4n) is 2.45. The molecule has 0 saturated carbocycles. The first-order chi connectivity index (χ1) is 9.11. The number of fused-ring (bicyclic) bond motifs is 1. The molecular weight excluding hydrogens is 308 g/mol. The van der Waals surface area contributed by atoms with E-state index in [1.165, 1.54) is 0 Å². The van der Waals surface area contributed by atoms with Crippen LogP contribution in [0.4, 0.5) is 0 Å². The molecule has 0 spiro atoms. The summed E-state index contributed by atoms with van der Waals surface area (Å²) in [5.41, 5.74) is 0.888. The highest BCUT2D eigenvalue weighted by atomic mass is 79.9. The largest absolute Gasteiger partial charge is 0.486 e. The van der Waals surface area contributed by atoms with Crippen LogP contribution < -0.4 is 9.47 Å². The summed E-state index contributed by atoms with van der Waals surface area (Å²) in [5.74, 6) is 1.98. The highest BCUT2D eigenvalue weighted by molar-refractivity contribution is 9.10. The van der Waals surface area contributed by atoms with E-state index < -0.39 is 6.10 Å². The average Bonchev–Trinajstić information content (AvgIpc) is 2.39. The van der Waals surface area contributed by atoms with Crippen molar-refractivity contribution in [1.29, 1.82) is 0 Å². The van der Waals surface area contributed by atoms with Crippen LogP contribution in [0.1, 0.15) is 44.8 Å². The molecule has 1 heterocycles. The number of benzene rings is 1. The van der Waals surface area contributed by atoms with E-state index in [0.717, 1.165) is 40.8 Å². The van der Waals surface area contributed by atoms with Crippen LogP contribution in [0.25, 0.3) is 0 Å². The Labute approximate surface area is 123 Å². The fraction of sp³-hybridized carbons (Fsp3) is 0.600. The standard InChI is InChI=1S/C15H21BrO3/c1-3-4-10(2)7-13(17)11-8-12(16)15-14(9-11)18-5-6-19-15/h8-10,13,17H,3-7H2,1-2H3. The van der Waals surface area contributed by atoms with E-state index in [9.17, 15) is 5.11 Å². The van der Waals surface area contributed by atoms with Gasteiger partial charge in [-0.1, -0.05) is 26.7 Å². The van der Waals surface area contributed by atoms with E-state index in [4.69, 9.17) is 9.47 Å². The third-order valence-electron chi connectivity index (χ3n) is 3.41. The molecule has 1 N–H and O–H groups in total. The molecule has 19 heavy (non-hydrogen) atoms. The highest BCUT2D eigenvalue weighted by Crippen LogP contribution is 2.40. The van der Waals surface area contributed by atoms with Gasteiger partial charge < -0.3 is 14.6 Å². The van der Waals surface area contributed by atoms with Crippen LogP contribution in [0.5, 0.6) is 11.5 Å². The second-order valence-corrected chi connectivity index (χ2v) is 6.03. The Morgan fingerprint density at radius 1 is 1.32 bits per heavy atom. The van der Waals surface area contributed by atoms with Gasteiger partial charge in [0.2, 0.25) is 0 Å². The zero-order valence-electron chi connectivity index (χ0n) is 11.5. The molecule has 0 bridgehead atoms. The zero-order chi connectivity index (χ0) is 13.8. The van der Waals surface area contributed by atoms with Crippen molar-refractivity contribution in [3.8, 4) is 11.5 Å². The normalized spacial score (nSPS) is 17.1. The monoisotopic (exact) mass is 328 g/mol. The maximum atomic E-state index is 10.3. The minimum absolute atomic E-state index is 0.450. The lowest BCUT2D eigenvalue weighted by atomic mass is 9.95. The van der Waals surface area contributed by atoms with E-state index in [1.54, 1.807) is 0 Å². The Morgan fingerprint density at radius 3 is 2.79 bits per heavy atom. The first-order valence-electron chi connectivity index (χ1n) is 6.89. The van der Waals surface area contributed by atoms with Gasteiger partial charge in [0.15, 0.2) is 11.5 Å². The van der Waals surface area contributed by atoms with Crippen molar-refractivity contribution in [1.82, 2.24) is 0 Å². The minimum Gasteiger partial charge on any atom is -0.486 e. The van der Waals surface area contributed by atoms with E-state index in [1.807, 2.05) is 12.1 Å². The maximum absolute atomic E-state index is 10.3. The number of hydrogen-bond donors (Lipinski definition) is 1. The van der Waals surface area contributed by atoms with Gasteiger partial charge in [-0.3, -0.25) is 0 Å². The SMILES string of the molecule is CCCC(C)CC(O)c1cc(Br)c2c(c1)OCCO2. The first kappa shape index (κ1) is 14.7. The maximum Gasteiger partial charge on any atom is 0.175 e. The molecule has 106 valence electrons. The van der Waals surface area contributed by atoms with E-state index in [2.05, 4.69) is 29.8 Å². The van der Waals surface area contributed by atoms with Crippen molar-refractivity contribution >= 4 is 15.9 Å². The van der Waals surface area contributed by atoms with Gasteiger partial charge in [0.25, 0.3) is 0 Å². The number of hydrogen-bond acceptors (Lipinski definition) is 3. The summed E-state index contributed by atoms with van der Waals surface area (Å²) in [5, 5.41) is 10.3. The lowest BCUT2D eigenvalue weighted by molar-refractivity contribution is 0.142. The van der Waals surface area contributed by atoms with Crippen LogP contribution in [-0.4, -0.2) is 18.3 Å². The quantitative estimate of drug-likeness (QED) is 0.885. The van der Waals surface area contributed by atoms with Crippen LogP contribution >= 0.6 is 15.9 Å². The van der Waals surface area contributed by atoms with Crippen LogP contribution in [0, 0.1) is 5.92 Å². The fourth-order valence-corrected chi connectivity index (χ4v) is 3.03. The lowest BCUT2D eigenvalue weighted by Gasteiger charge is -2.22. The molecule has 1 aromatic carbocycles. The third kappa shape index (κ3) is 3.63. The smallest absolute Gasteiger partial charge is 0.175 e. The van der Waals surface area contributed by atoms with E-state index in [-0.39, 0.29) is 0 Å². The molecule has 1 aromatic rings. The summed E-state index contributed by atoms with van der Waals surface area (Å²) in [6.07, 6.45) is 2.62. The van der Waals surface area contributed by atoms with Gasteiger partial charge in [0, 0.05) is 0 Å². The van der Waals surface area contributed by atoms with Gasteiger partial charge >= 0.3 is 0 Å². The Morgan fingerprint density at radius 2 is 2.05 bits per heavy atom. The van der Waals surface area contributed by atoms with Gasteiger partial charge in [0.05, 0.1) is 10.6 Å². The minimum atomic E-state index is -0.450. The van der Waals surface area contributed by atoms with Gasteiger partial charge in [0.1, 0.15) is 13.2 Å². The van der Waals surface area contributed by atoms with Crippen molar-refractivity contribution in [2.45, 2.75) is 39.2 Å². The molecule has 0 radical (unpaired) electrons. The van der Waals surface area contributed by atoms with Crippen molar-refractivity contribution in [2.24, 2.45) is 5.92 Å². The molecule has 0 fully saturated rings. The van der Waals surface area contributed by atoms with Crippen molar-refractivity contribution < 1.29 is 14.6 Å². The number of ether oxygens (including phenoxy) is 2. The Bertz CT molecular complexity index is 434. The molecule has 0 aromatic heterocycles. The molecule has 2 atom stereocenters. The van der Waals surface area contributed by atoms with Crippen molar-refractivity contribution in [3.05, 3.63) is 22.2 Å². The lowest BCUT2D eigenvalue weighted by Crippen LogP contribution is -2.16. The Kier molecular flexibility index (Phi) is 5.11. The van der Waals surface area contributed by atoms with Gasteiger partial charge in [-0.2, -0.15) is 0 Å². The Hall–Kier alpha value is -0.740. The van der Waals surface area contributed by atoms with Crippen molar-refractivity contribution in [3.63, 3.8) is 0 Å². The van der Waals surface area contributed by atoms with Crippen LogP contribution in [-0.2, 0) is 0 Å². The first-order valence-corrected chi connectivity index (χ1v) is 7.68. The van der Waals surface area contributed by atoms with Crippen LogP contribution in [0.15, 0.2) is 16.6 Å². The molecule has 0 aliphatic carbocycles. The van der Waals surface area contributed by atoms with Crippen LogP contribution in [0.3, 0.4) is 0 Å². The highest BCUT2D eigenvalue weighted by Gasteiger charge is 2.20. The molecule has 0 amide bonds. The summed E-state index contributed by atoms with van der Waals surface area (Å²) in [6, 6.07) is 3.82. The molecule has 1 aliphatic heterocycles. The summed E-state index contributed by atoms with van der Waals surface area (Å²) in [6.45, 7) is 5.48. The number of aliphatic hydroxyl groups is 1. The van der Waals surface area contributed by atoms with Gasteiger partial charge in [-0.25, -0.2) is 0 Å². The number of aliphatic hydroxyl groups excluding tert-OH is 1. The molecule has 4 heteroatoms. The van der Waals surface area contributed by atoms with Crippen molar-refractivity contribution in [2.75, 3.05) is 13.2 Å². The summed E-state index contributed by atoms with van der Waals surface area (Å²) in [7, 11) is 0. The zero-order valence-corrected chi connectivity index (χ0v) is 13.1. The van der Waals surface area contributed by atoms with Gasteiger partial charge in [-0.05, 0) is 46.0 Å². The molecular formula is C15H21BrO3. The Balaban J connectivity index is 2.14. The second kappa shape index (κ2) is 6.62. The van der Waals surface area contributed by atoms with E-state index >= 15 is 0 Å². The predicted octanol–water partition coefficient (Wildman–Crippen LogP) is 4.08. The van der Waals surface area contributed by atoms with E-state index in [0.29, 0.717) is 19.1 Å². The van der Waals surface area contributed by atoms with Gasteiger partial charge in [-0.15, -0.1) is 0 Å². The third-order valence-corrected chi connectivity index (χ3v) is 4.00. The van der Waals surface area contributed by atoms with Crippen LogP contribution in [0.2, 0.25) is 0 Å². The average molecular weight is 329 g/mol. The number of halogens is 1. The number of rotatable bonds is 5. The molecule has 0 saturated heterocycles. The summed E-state index contributed by atoms with van der Waals surface area (Å²) in [4.78, 5) is 0. The topological polar surface area (TPSA) is 38.7 Å². The molecule has 2 unspecified atom stereocenters.